The maximum atomic E-state index is 12.8. The quantitative estimate of drug-likeness (QED) is 0.790. The number of rotatable bonds is 2. The van der Waals surface area contributed by atoms with Crippen molar-refractivity contribution in [3.05, 3.63) is 64.1 Å². The Balaban J connectivity index is 1.81. The van der Waals surface area contributed by atoms with Crippen LogP contribution in [0.4, 0.5) is 5.69 Å². The summed E-state index contributed by atoms with van der Waals surface area (Å²) in [4.78, 5) is 29.0. The summed E-state index contributed by atoms with van der Waals surface area (Å²) in [6.07, 6.45) is 0. The van der Waals surface area contributed by atoms with Gasteiger partial charge in [0.15, 0.2) is 0 Å². The molecule has 0 bridgehead atoms. The molecule has 1 saturated heterocycles. The molecular formula is C19H19BrN2O2. The highest BCUT2D eigenvalue weighted by atomic mass is 79.9. The van der Waals surface area contributed by atoms with Gasteiger partial charge in [-0.3, -0.25) is 9.59 Å². The zero-order chi connectivity index (χ0) is 17.3. The third-order valence-corrected chi connectivity index (χ3v) is 4.96. The minimum Gasteiger partial charge on any atom is -0.325 e. The molecule has 2 amide bonds. The van der Waals surface area contributed by atoms with E-state index < -0.39 is 6.04 Å². The summed E-state index contributed by atoms with van der Waals surface area (Å²) >= 11 is 3.40. The van der Waals surface area contributed by atoms with Gasteiger partial charge in [0.05, 0.1) is 0 Å². The second-order valence-corrected chi connectivity index (χ2v) is 6.87. The molecule has 4 nitrogen and oxygen atoms in total. The van der Waals surface area contributed by atoms with Gasteiger partial charge in [-0.05, 0) is 49.7 Å². The molecule has 0 spiro atoms. The van der Waals surface area contributed by atoms with Crippen LogP contribution in [0.1, 0.15) is 22.8 Å². The van der Waals surface area contributed by atoms with Gasteiger partial charge >= 0.3 is 0 Å². The molecule has 1 fully saturated rings. The first-order chi connectivity index (χ1) is 11.5. The topological polar surface area (TPSA) is 40.6 Å². The number of carbonyl (C=O) groups is 2. The van der Waals surface area contributed by atoms with Gasteiger partial charge in [-0.1, -0.05) is 34.1 Å². The monoisotopic (exact) mass is 386 g/mol. The lowest BCUT2D eigenvalue weighted by atomic mass is 10.0. The van der Waals surface area contributed by atoms with Crippen molar-refractivity contribution in [3.8, 4) is 0 Å². The molecule has 124 valence electrons. The minimum atomic E-state index is -0.477. The van der Waals surface area contributed by atoms with Crippen molar-refractivity contribution < 1.29 is 9.59 Å². The first-order valence-corrected chi connectivity index (χ1v) is 8.72. The summed E-state index contributed by atoms with van der Waals surface area (Å²) in [6.45, 7) is 4.74. The Morgan fingerprint density at radius 1 is 1.08 bits per heavy atom. The molecule has 0 saturated carbocycles. The van der Waals surface area contributed by atoms with E-state index in [-0.39, 0.29) is 11.8 Å². The summed E-state index contributed by atoms with van der Waals surface area (Å²) in [7, 11) is 0. The summed E-state index contributed by atoms with van der Waals surface area (Å²) in [5.41, 5.74) is 2.45. The lowest BCUT2D eigenvalue weighted by molar-refractivity contribution is -0.124. The first-order valence-electron chi connectivity index (χ1n) is 7.92. The third-order valence-electron chi connectivity index (χ3n) is 4.43. The number of nitrogens with zero attached hydrogens (tertiary/aromatic N) is 2. The molecule has 1 atom stereocenters. The molecule has 5 heteroatoms. The predicted molar refractivity (Wildman–Crippen MR) is 98.2 cm³/mol. The third kappa shape index (κ3) is 3.08. The van der Waals surface area contributed by atoms with Gasteiger partial charge in [-0.2, -0.15) is 0 Å². The van der Waals surface area contributed by atoms with Crippen molar-refractivity contribution in [2.45, 2.75) is 19.9 Å². The fourth-order valence-electron chi connectivity index (χ4n) is 2.99. The second kappa shape index (κ2) is 6.77. The highest BCUT2D eigenvalue weighted by Gasteiger charge is 2.35. The molecular weight excluding hydrogens is 368 g/mol. The molecule has 3 rings (SSSR count). The van der Waals surface area contributed by atoms with Crippen LogP contribution in [0.15, 0.2) is 53.0 Å². The second-order valence-electron chi connectivity index (χ2n) is 5.96. The molecule has 0 aromatic heterocycles. The van der Waals surface area contributed by atoms with E-state index in [1.54, 1.807) is 16.7 Å². The van der Waals surface area contributed by atoms with Crippen LogP contribution in [0.25, 0.3) is 0 Å². The number of amides is 2. The van der Waals surface area contributed by atoms with E-state index in [0.717, 1.165) is 15.7 Å². The molecule has 2 aromatic carbocycles. The van der Waals surface area contributed by atoms with Gasteiger partial charge in [-0.25, -0.2) is 0 Å². The minimum absolute atomic E-state index is 0.0505. The number of hydrogen-bond donors (Lipinski definition) is 0. The van der Waals surface area contributed by atoms with Crippen molar-refractivity contribution in [2.75, 3.05) is 18.0 Å². The maximum absolute atomic E-state index is 12.8. The number of aryl methyl sites for hydroxylation is 1. The number of anilines is 1. The van der Waals surface area contributed by atoms with E-state index in [4.69, 9.17) is 0 Å². The Labute approximate surface area is 150 Å². The predicted octanol–water partition coefficient (Wildman–Crippen LogP) is 3.64. The van der Waals surface area contributed by atoms with Gasteiger partial charge in [0.25, 0.3) is 5.91 Å². The molecule has 0 aliphatic carbocycles. The highest BCUT2D eigenvalue weighted by Crippen LogP contribution is 2.24. The standard InChI is InChI=1S/C19H19BrN2O2/c1-13-5-3-4-6-17(13)19(24)21-11-12-22(18(23)14(21)2)16-9-7-15(20)8-10-16/h3-10,14H,11-12H2,1-2H3/t14-/m0/s1. The number of carbonyl (C=O) groups excluding carboxylic acids is 2. The van der Waals surface area contributed by atoms with Crippen molar-refractivity contribution in [1.29, 1.82) is 0 Å². The summed E-state index contributed by atoms with van der Waals surface area (Å²) in [6, 6.07) is 14.7. The summed E-state index contributed by atoms with van der Waals surface area (Å²) in [5, 5.41) is 0. The lowest BCUT2D eigenvalue weighted by Crippen LogP contribution is -2.57. The largest absolute Gasteiger partial charge is 0.325 e. The zero-order valence-corrected chi connectivity index (χ0v) is 15.3. The van der Waals surface area contributed by atoms with E-state index >= 15 is 0 Å². The van der Waals surface area contributed by atoms with Crippen LogP contribution in [0.5, 0.6) is 0 Å². The summed E-state index contributed by atoms with van der Waals surface area (Å²) < 4.78 is 0.972. The van der Waals surface area contributed by atoms with Gasteiger partial charge in [-0.15, -0.1) is 0 Å². The van der Waals surface area contributed by atoms with Crippen LogP contribution >= 0.6 is 15.9 Å². The highest BCUT2D eigenvalue weighted by molar-refractivity contribution is 9.10. The Bertz CT molecular complexity index is 773. The van der Waals surface area contributed by atoms with Crippen LogP contribution in [-0.4, -0.2) is 35.8 Å². The van der Waals surface area contributed by atoms with Crippen molar-refractivity contribution in [2.24, 2.45) is 0 Å². The average molecular weight is 387 g/mol. The zero-order valence-electron chi connectivity index (χ0n) is 13.7. The molecule has 1 aliphatic rings. The van der Waals surface area contributed by atoms with Crippen molar-refractivity contribution >= 4 is 33.4 Å². The Hall–Kier alpha value is -2.14. The molecule has 0 radical (unpaired) electrons. The van der Waals surface area contributed by atoms with Crippen LogP contribution in [0, 0.1) is 6.92 Å². The maximum Gasteiger partial charge on any atom is 0.254 e. The van der Waals surface area contributed by atoms with Gasteiger partial charge in [0.1, 0.15) is 6.04 Å². The van der Waals surface area contributed by atoms with Crippen molar-refractivity contribution in [3.63, 3.8) is 0 Å². The Morgan fingerprint density at radius 2 is 1.75 bits per heavy atom. The number of hydrogen-bond acceptors (Lipinski definition) is 2. The van der Waals surface area contributed by atoms with E-state index in [1.807, 2.05) is 55.5 Å². The molecule has 1 heterocycles. The molecule has 0 N–H and O–H groups in total. The van der Waals surface area contributed by atoms with E-state index in [9.17, 15) is 9.59 Å². The van der Waals surface area contributed by atoms with Crippen LogP contribution < -0.4 is 4.90 Å². The fraction of sp³-hybridized carbons (Fsp3) is 0.263. The van der Waals surface area contributed by atoms with Crippen LogP contribution in [-0.2, 0) is 4.79 Å². The SMILES string of the molecule is Cc1ccccc1C(=O)N1CCN(c2ccc(Br)cc2)C(=O)[C@@H]1C. The molecule has 2 aromatic rings. The molecule has 0 unspecified atom stereocenters. The van der Waals surface area contributed by atoms with E-state index in [2.05, 4.69) is 15.9 Å². The normalized spacial score (nSPS) is 18.0. The van der Waals surface area contributed by atoms with Crippen LogP contribution in [0.2, 0.25) is 0 Å². The Morgan fingerprint density at radius 3 is 2.42 bits per heavy atom. The molecule has 24 heavy (non-hydrogen) atoms. The first kappa shape index (κ1) is 16.7. The lowest BCUT2D eigenvalue weighted by Gasteiger charge is -2.39. The summed E-state index contributed by atoms with van der Waals surface area (Å²) in [5.74, 6) is -0.130. The number of benzene rings is 2. The van der Waals surface area contributed by atoms with Gasteiger partial charge < -0.3 is 9.80 Å². The van der Waals surface area contributed by atoms with Crippen molar-refractivity contribution in [1.82, 2.24) is 4.90 Å². The van der Waals surface area contributed by atoms with E-state index in [0.29, 0.717) is 18.7 Å². The molecule has 1 aliphatic heterocycles. The fourth-order valence-corrected chi connectivity index (χ4v) is 3.26. The van der Waals surface area contributed by atoms with Crippen LogP contribution in [0.3, 0.4) is 0 Å². The number of halogens is 1. The van der Waals surface area contributed by atoms with Gasteiger partial charge in [0, 0.05) is 28.8 Å². The Kier molecular flexibility index (Phi) is 4.71. The average Bonchev–Trinajstić information content (AvgIpc) is 2.58. The number of piperazine rings is 1. The smallest absolute Gasteiger partial charge is 0.254 e. The van der Waals surface area contributed by atoms with E-state index in [1.165, 1.54) is 0 Å². The van der Waals surface area contributed by atoms with Gasteiger partial charge in [0.2, 0.25) is 5.91 Å².